The molecule has 3 unspecified atom stereocenters. The Labute approximate surface area is 214 Å². The van der Waals surface area contributed by atoms with Gasteiger partial charge in [0.25, 0.3) is 0 Å². The normalized spacial score (nSPS) is 35.3. The van der Waals surface area contributed by atoms with Gasteiger partial charge in [-0.2, -0.15) is 0 Å². The number of aryl methyl sites for hydroxylation is 1. The van der Waals surface area contributed by atoms with Crippen molar-refractivity contribution >= 4 is 23.6 Å². The van der Waals surface area contributed by atoms with Gasteiger partial charge in [-0.3, -0.25) is 9.69 Å². The maximum Gasteiger partial charge on any atom is 0.322 e. The van der Waals surface area contributed by atoms with Gasteiger partial charge < -0.3 is 10.4 Å². The first-order valence-corrected chi connectivity index (χ1v) is 13.4. The fraction of sp³-hybridized carbons (Fsp3) is 0.655. The van der Waals surface area contributed by atoms with E-state index >= 15 is 0 Å². The highest BCUT2D eigenvalue weighted by molar-refractivity contribution is 6.31. The second-order valence-corrected chi connectivity index (χ2v) is 14.0. The van der Waals surface area contributed by atoms with E-state index in [1.54, 1.807) is 0 Å². The Morgan fingerprint density at radius 1 is 1.23 bits per heavy atom. The highest BCUT2D eigenvalue weighted by Gasteiger charge is 2.64. The summed E-state index contributed by atoms with van der Waals surface area (Å²) in [5.74, 6) is -0.633. The molecule has 0 saturated heterocycles. The lowest BCUT2D eigenvalue weighted by atomic mass is 9.74. The van der Waals surface area contributed by atoms with Crippen molar-refractivity contribution in [1.29, 1.82) is 0 Å². The van der Waals surface area contributed by atoms with Crippen LogP contribution in [0.5, 0.6) is 0 Å². The van der Waals surface area contributed by atoms with Crippen LogP contribution < -0.4 is 5.32 Å². The molecule has 4 aliphatic carbocycles. The molecule has 2 amide bonds. The van der Waals surface area contributed by atoms with Gasteiger partial charge in [-0.25, -0.2) is 4.79 Å². The van der Waals surface area contributed by atoms with Crippen molar-refractivity contribution in [3.05, 3.63) is 46.1 Å². The third kappa shape index (κ3) is 3.80. The Kier molecular flexibility index (Phi) is 5.46. The lowest BCUT2D eigenvalue weighted by Gasteiger charge is -2.50. The molecule has 1 heterocycles. The van der Waals surface area contributed by atoms with Crippen molar-refractivity contribution in [3.8, 4) is 0 Å². The third-order valence-electron chi connectivity index (χ3n) is 9.63. The molecule has 0 aromatic heterocycles. The van der Waals surface area contributed by atoms with Crippen LogP contribution in [-0.2, 0) is 16.8 Å². The Morgan fingerprint density at radius 3 is 2.49 bits per heavy atom. The summed E-state index contributed by atoms with van der Waals surface area (Å²) in [4.78, 5) is 27.3. The first-order valence-electron chi connectivity index (χ1n) is 13.0. The fourth-order valence-electron chi connectivity index (χ4n) is 7.25. The second kappa shape index (κ2) is 7.74. The maximum atomic E-state index is 13.7. The fourth-order valence-corrected chi connectivity index (χ4v) is 7.53. The number of carboxylic acid groups (broad SMARTS) is 1. The molecule has 0 radical (unpaired) electrons. The lowest BCUT2D eigenvalue weighted by Crippen LogP contribution is -2.62. The number of benzene rings is 1. The molecular formula is C29H39ClN2O3. The molecule has 190 valence electrons. The Morgan fingerprint density at radius 2 is 1.91 bits per heavy atom. The van der Waals surface area contributed by atoms with Crippen LogP contribution in [0.2, 0.25) is 5.02 Å². The first-order chi connectivity index (χ1) is 16.2. The van der Waals surface area contributed by atoms with E-state index in [2.05, 4.69) is 71.3 Å². The molecule has 4 fully saturated rings. The van der Waals surface area contributed by atoms with E-state index in [1.807, 2.05) is 4.90 Å². The smallest absolute Gasteiger partial charge is 0.322 e. The van der Waals surface area contributed by atoms with Gasteiger partial charge in [0, 0.05) is 11.2 Å². The molecule has 6 heteroatoms. The number of nitrogens with one attached hydrogen (secondary N) is 1. The number of aliphatic carboxylic acids is 1. The number of carbonyl (C=O) groups excluding carboxylic acids is 1. The van der Waals surface area contributed by atoms with Gasteiger partial charge in [0.2, 0.25) is 0 Å². The molecule has 5 aliphatic rings. The minimum Gasteiger partial charge on any atom is -0.481 e. The minimum atomic E-state index is -0.731. The number of hydrogen-bond acceptors (Lipinski definition) is 2. The molecule has 6 rings (SSSR count). The number of amides is 2. The van der Waals surface area contributed by atoms with Crippen molar-refractivity contribution in [2.75, 3.05) is 0 Å². The van der Waals surface area contributed by atoms with E-state index in [1.165, 1.54) is 5.57 Å². The summed E-state index contributed by atoms with van der Waals surface area (Å²) in [6.45, 7) is 13.5. The molecule has 1 aromatic carbocycles. The Bertz CT molecular complexity index is 1110. The van der Waals surface area contributed by atoms with Crippen molar-refractivity contribution in [2.24, 2.45) is 28.6 Å². The topological polar surface area (TPSA) is 69.6 Å². The standard InChI is InChI=1S/C29H39ClN2O3/c1-17-22-15-32(28-12-19(13-28)21(14-28)24(33)34)25(35)31-29(22,16-27(17,5)6)20-8-7-18(23(30)11-20)9-10-26(2,3)4/h7-8,11,15,17,19,21H,9-10,12-14,16H2,1-6H3,(H,31,35)(H,33,34). The van der Waals surface area contributed by atoms with Gasteiger partial charge in [-0.15, -0.1) is 0 Å². The minimum absolute atomic E-state index is 0.00834. The summed E-state index contributed by atoms with van der Waals surface area (Å²) in [5, 5.41) is 13.8. The Balaban J connectivity index is 1.51. The third-order valence-corrected chi connectivity index (χ3v) is 9.98. The van der Waals surface area contributed by atoms with Crippen LogP contribution in [0.1, 0.15) is 84.8 Å². The summed E-state index contributed by atoms with van der Waals surface area (Å²) < 4.78 is 0. The summed E-state index contributed by atoms with van der Waals surface area (Å²) in [7, 11) is 0. The van der Waals surface area contributed by atoms with E-state index in [0.29, 0.717) is 6.42 Å². The van der Waals surface area contributed by atoms with Crippen molar-refractivity contribution in [1.82, 2.24) is 10.2 Å². The molecule has 35 heavy (non-hydrogen) atoms. The summed E-state index contributed by atoms with van der Waals surface area (Å²) in [5.41, 5.74) is 2.67. The zero-order valence-electron chi connectivity index (χ0n) is 21.9. The van der Waals surface area contributed by atoms with Crippen LogP contribution in [0, 0.1) is 28.6 Å². The summed E-state index contributed by atoms with van der Waals surface area (Å²) >= 11 is 6.82. The molecular weight excluding hydrogens is 460 g/mol. The SMILES string of the molecule is CC1C2=CN(C34CC(C3)C(C(=O)O)C4)C(=O)NC2(c2ccc(CCC(C)(C)C)c(Cl)c2)CC1(C)C. The van der Waals surface area contributed by atoms with Crippen molar-refractivity contribution < 1.29 is 14.7 Å². The molecule has 0 spiro atoms. The highest BCUT2D eigenvalue weighted by Crippen LogP contribution is 2.62. The van der Waals surface area contributed by atoms with Crippen LogP contribution in [0.15, 0.2) is 30.0 Å². The van der Waals surface area contributed by atoms with Gasteiger partial charge in [-0.1, -0.05) is 65.3 Å². The molecule has 2 bridgehead atoms. The lowest BCUT2D eigenvalue weighted by molar-refractivity contribution is -0.142. The molecule has 1 aromatic rings. The van der Waals surface area contributed by atoms with Crippen molar-refractivity contribution in [3.63, 3.8) is 0 Å². The van der Waals surface area contributed by atoms with Crippen LogP contribution >= 0.6 is 11.6 Å². The number of nitrogens with zero attached hydrogens (tertiary/aromatic N) is 1. The van der Waals surface area contributed by atoms with Gasteiger partial charge >= 0.3 is 12.0 Å². The molecule has 4 saturated carbocycles. The molecule has 5 nitrogen and oxygen atoms in total. The van der Waals surface area contributed by atoms with E-state index in [9.17, 15) is 14.7 Å². The second-order valence-electron chi connectivity index (χ2n) is 13.6. The number of halogens is 1. The van der Waals surface area contributed by atoms with Crippen molar-refractivity contribution in [2.45, 2.75) is 91.1 Å². The Hall–Kier alpha value is -2.01. The van der Waals surface area contributed by atoms with Crippen LogP contribution in [0.25, 0.3) is 0 Å². The van der Waals surface area contributed by atoms with E-state index < -0.39 is 11.5 Å². The number of carboxylic acids is 1. The quantitative estimate of drug-likeness (QED) is 0.472. The highest BCUT2D eigenvalue weighted by atomic mass is 35.5. The summed E-state index contributed by atoms with van der Waals surface area (Å²) in [6.07, 6.45) is 6.97. The monoisotopic (exact) mass is 498 g/mol. The molecule has 2 N–H and O–H groups in total. The predicted molar refractivity (Wildman–Crippen MR) is 138 cm³/mol. The van der Waals surface area contributed by atoms with E-state index in [4.69, 9.17) is 11.6 Å². The predicted octanol–water partition coefficient (Wildman–Crippen LogP) is 6.74. The number of hydrogen-bond donors (Lipinski definition) is 2. The van der Waals surface area contributed by atoms with Gasteiger partial charge in [0.1, 0.15) is 0 Å². The number of rotatable bonds is 5. The van der Waals surface area contributed by atoms with Gasteiger partial charge in [-0.05, 0) is 84.0 Å². The van der Waals surface area contributed by atoms with E-state index in [0.717, 1.165) is 48.3 Å². The molecule has 1 aliphatic heterocycles. The number of fused-ring (bicyclic) bond motifs is 2. The first kappa shape index (κ1) is 24.7. The van der Waals surface area contributed by atoms with E-state index in [-0.39, 0.29) is 40.2 Å². The average molecular weight is 499 g/mol. The zero-order valence-corrected chi connectivity index (χ0v) is 22.6. The molecule has 3 atom stereocenters. The summed E-state index contributed by atoms with van der Waals surface area (Å²) in [6, 6.07) is 6.23. The largest absolute Gasteiger partial charge is 0.481 e. The van der Waals surface area contributed by atoms with Crippen LogP contribution in [0.3, 0.4) is 0 Å². The van der Waals surface area contributed by atoms with Gasteiger partial charge in [0.05, 0.1) is 17.0 Å². The van der Waals surface area contributed by atoms with Gasteiger partial charge in [0.15, 0.2) is 0 Å². The average Bonchev–Trinajstić information content (AvgIpc) is 3.34. The van der Waals surface area contributed by atoms with Crippen LogP contribution in [-0.4, -0.2) is 27.5 Å². The van der Waals surface area contributed by atoms with Crippen LogP contribution in [0.4, 0.5) is 4.79 Å². The maximum absolute atomic E-state index is 13.7. The number of carbonyl (C=O) groups is 2. The number of urea groups is 1. The zero-order chi connectivity index (χ0) is 25.6.